The van der Waals surface area contributed by atoms with Gasteiger partial charge >= 0.3 is 6.09 Å². The summed E-state index contributed by atoms with van der Waals surface area (Å²) in [6.07, 6.45) is -3.55. The maximum atomic E-state index is 12.2. The lowest BCUT2D eigenvalue weighted by atomic mass is 9.87. The van der Waals surface area contributed by atoms with E-state index in [0.717, 1.165) is 5.57 Å². The summed E-state index contributed by atoms with van der Waals surface area (Å²) in [5.41, 5.74) is -0.300. The standard InChI is InChI=1S/C15H25NO6S/c1-7-9-11(19)10(18)8(6-17)21-13(9)23-12(7)16(5)14(20)22-15(2,3)4/h8-11,13,17-19H,6H2,1-5H3. The van der Waals surface area contributed by atoms with Gasteiger partial charge < -0.3 is 24.8 Å². The number of nitrogens with zero attached hydrogens (tertiary/aromatic N) is 1. The molecule has 7 nitrogen and oxygen atoms in total. The topological polar surface area (TPSA) is 99.5 Å². The number of fused-ring (bicyclic) bond motifs is 1. The third kappa shape index (κ3) is 3.66. The molecule has 0 saturated carbocycles. The molecule has 2 rings (SSSR count). The van der Waals surface area contributed by atoms with Crippen LogP contribution >= 0.6 is 11.8 Å². The number of carbonyl (C=O) groups is 1. The lowest BCUT2D eigenvalue weighted by molar-refractivity contribution is -0.176. The fourth-order valence-corrected chi connectivity index (χ4v) is 4.23. The van der Waals surface area contributed by atoms with Gasteiger partial charge in [0.1, 0.15) is 23.2 Å². The van der Waals surface area contributed by atoms with Crippen LogP contribution in [-0.2, 0) is 9.47 Å². The van der Waals surface area contributed by atoms with Crippen molar-refractivity contribution >= 4 is 17.9 Å². The van der Waals surface area contributed by atoms with Crippen LogP contribution in [0.5, 0.6) is 0 Å². The van der Waals surface area contributed by atoms with Crippen LogP contribution in [0.15, 0.2) is 10.6 Å². The molecule has 1 saturated heterocycles. The molecule has 8 heteroatoms. The number of aliphatic hydroxyl groups excluding tert-OH is 3. The van der Waals surface area contributed by atoms with E-state index in [1.165, 1.54) is 16.7 Å². The quantitative estimate of drug-likeness (QED) is 0.682. The van der Waals surface area contributed by atoms with Crippen molar-refractivity contribution in [1.29, 1.82) is 0 Å². The monoisotopic (exact) mass is 347 g/mol. The Hall–Kier alpha value is -0.800. The van der Waals surface area contributed by atoms with Crippen molar-refractivity contribution in [2.75, 3.05) is 13.7 Å². The van der Waals surface area contributed by atoms with Crippen molar-refractivity contribution in [2.45, 2.75) is 57.0 Å². The molecule has 0 aromatic rings. The number of thioether (sulfide) groups is 1. The van der Waals surface area contributed by atoms with Gasteiger partial charge in [-0.1, -0.05) is 11.8 Å². The third-order valence-electron chi connectivity index (χ3n) is 3.92. The molecular formula is C15H25NO6S. The molecule has 23 heavy (non-hydrogen) atoms. The first-order chi connectivity index (χ1) is 10.6. The molecule has 0 bridgehead atoms. The number of amides is 1. The molecule has 2 heterocycles. The van der Waals surface area contributed by atoms with Crippen molar-refractivity contribution in [3.63, 3.8) is 0 Å². The summed E-state index contributed by atoms with van der Waals surface area (Å²) < 4.78 is 11.0. The summed E-state index contributed by atoms with van der Waals surface area (Å²) in [7, 11) is 1.60. The van der Waals surface area contributed by atoms with Gasteiger partial charge in [-0.2, -0.15) is 0 Å². The summed E-state index contributed by atoms with van der Waals surface area (Å²) in [5.74, 6) is -0.433. The highest BCUT2D eigenvalue weighted by Crippen LogP contribution is 2.49. The predicted octanol–water partition coefficient (Wildman–Crippen LogP) is 0.887. The van der Waals surface area contributed by atoms with E-state index < -0.39 is 41.4 Å². The SMILES string of the molecule is CC1=C(N(C)C(=O)OC(C)(C)C)SC2OC(CO)C(O)C(O)C12. The molecule has 2 aliphatic heterocycles. The van der Waals surface area contributed by atoms with Crippen LogP contribution in [0.3, 0.4) is 0 Å². The van der Waals surface area contributed by atoms with Gasteiger partial charge in [0.25, 0.3) is 0 Å². The fourth-order valence-electron chi connectivity index (χ4n) is 2.75. The van der Waals surface area contributed by atoms with Crippen LogP contribution in [0.2, 0.25) is 0 Å². The van der Waals surface area contributed by atoms with Gasteiger partial charge in [0.2, 0.25) is 0 Å². The van der Waals surface area contributed by atoms with E-state index in [0.29, 0.717) is 5.03 Å². The van der Waals surface area contributed by atoms with Gasteiger partial charge in [0.05, 0.1) is 17.7 Å². The largest absolute Gasteiger partial charge is 0.443 e. The van der Waals surface area contributed by atoms with E-state index in [2.05, 4.69) is 0 Å². The first-order valence-electron chi connectivity index (χ1n) is 7.53. The van der Waals surface area contributed by atoms with E-state index in [9.17, 15) is 20.1 Å². The van der Waals surface area contributed by atoms with Gasteiger partial charge in [-0.25, -0.2) is 4.79 Å². The van der Waals surface area contributed by atoms with E-state index in [4.69, 9.17) is 9.47 Å². The molecule has 0 aromatic carbocycles. The van der Waals surface area contributed by atoms with Crippen molar-refractivity contribution in [3.8, 4) is 0 Å². The molecule has 1 amide bonds. The van der Waals surface area contributed by atoms with Crippen LogP contribution in [0, 0.1) is 5.92 Å². The zero-order valence-electron chi connectivity index (χ0n) is 14.0. The number of aliphatic hydroxyl groups is 3. The van der Waals surface area contributed by atoms with Crippen LogP contribution < -0.4 is 0 Å². The Bertz CT molecular complexity index is 503. The molecule has 1 fully saturated rings. The Labute approximate surface area is 140 Å². The predicted molar refractivity (Wildman–Crippen MR) is 85.5 cm³/mol. The number of hydrogen-bond acceptors (Lipinski definition) is 7. The zero-order valence-corrected chi connectivity index (χ0v) is 14.8. The molecule has 132 valence electrons. The summed E-state index contributed by atoms with van der Waals surface area (Å²) in [4.78, 5) is 13.6. The van der Waals surface area contributed by atoms with E-state index in [1.54, 1.807) is 34.7 Å². The summed E-state index contributed by atoms with van der Waals surface area (Å²) in [6.45, 7) is 6.79. The summed E-state index contributed by atoms with van der Waals surface area (Å²) in [6, 6.07) is 0. The van der Waals surface area contributed by atoms with Crippen molar-refractivity contribution in [1.82, 2.24) is 4.90 Å². The number of hydrogen-bond donors (Lipinski definition) is 3. The first kappa shape index (κ1) is 18.5. The fraction of sp³-hybridized carbons (Fsp3) is 0.800. The van der Waals surface area contributed by atoms with Crippen molar-refractivity contribution in [2.24, 2.45) is 5.92 Å². The molecule has 0 aliphatic carbocycles. The Balaban J connectivity index is 2.19. The molecule has 5 unspecified atom stereocenters. The molecular weight excluding hydrogens is 322 g/mol. The second-order valence-electron chi connectivity index (χ2n) is 6.88. The number of ether oxygens (including phenoxy) is 2. The highest BCUT2D eigenvalue weighted by Gasteiger charge is 2.50. The van der Waals surface area contributed by atoms with E-state index in [-0.39, 0.29) is 6.61 Å². The first-order valence-corrected chi connectivity index (χ1v) is 8.41. The Morgan fingerprint density at radius 1 is 1.35 bits per heavy atom. The van der Waals surface area contributed by atoms with Crippen LogP contribution in [0.1, 0.15) is 27.7 Å². The highest BCUT2D eigenvalue weighted by molar-refractivity contribution is 8.03. The highest BCUT2D eigenvalue weighted by atomic mass is 32.2. The minimum atomic E-state index is -1.16. The van der Waals surface area contributed by atoms with Gasteiger partial charge in [-0.3, -0.25) is 4.90 Å². The second-order valence-corrected chi connectivity index (χ2v) is 7.96. The second kappa shape index (κ2) is 6.60. The van der Waals surface area contributed by atoms with Crippen LogP contribution in [0.25, 0.3) is 0 Å². The Morgan fingerprint density at radius 3 is 2.48 bits per heavy atom. The lowest BCUT2D eigenvalue weighted by Crippen LogP contribution is -2.53. The van der Waals surface area contributed by atoms with E-state index >= 15 is 0 Å². The van der Waals surface area contributed by atoms with Gasteiger partial charge in [-0.05, 0) is 33.3 Å². The normalized spacial score (nSPS) is 34.3. The number of carbonyl (C=O) groups excluding carboxylic acids is 1. The summed E-state index contributed by atoms with van der Waals surface area (Å²) in [5, 5.41) is 30.2. The minimum absolute atomic E-state index is 0.377. The summed E-state index contributed by atoms with van der Waals surface area (Å²) >= 11 is 1.29. The van der Waals surface area contributed by atoms with Gasteiger partial charge in [0, 0.05) is 13.0 Å². The Kier molecular flexibility index (Phi) is 5.32. The minimum Gasteiger partial charge on any atom is -0.443 e. The molecule has 3 N–H and O–H groups in total. The van der Waals surface area contributed by atoms with Gasteiger partial charge in [-0.15, -0.1) is 0 Å². The Morgan fingerprint density at radius 2 is 1.96 bits per heavy atom. The molecule has 5 atom stereocenters. The maximum absolute atomic E-state index is 12.2. The molecule has 2 aliphatic rings. The van der Waals surface area contributed by atoms with Gasteiger partial charge in [0.15, 0.2) is 0 Å². The van der Waals surface area contributed by atoms with Crippen molar-refractivity contribution in [3.05, 3.63) is 10.6 Å². The van der Waals surface area contributed by atoms with Crippen molar-refractivity contribution < 1.29 is 29.6 Å². The average Bonchev–Trinajstić information content (AvgIpc) is 2.77. The lowest BCUT2D eigenvalue weighted by Gasteiger charge is -2.39. The third-order valence-corrected chi connectivity index (χ3v) is 5.37. The maximum Gasteiger partial charge on any atom is 0.414 e. The molecule has 0 radical (unpaired) electrons. The smallest absolute Gasteiger partial charge is 0.414 e. The van der Waals surface area contributed by atoms with Crippen LogP contribution in [-0.4, -0.2) is 69.3 Å². The molecule has 0 spiro atoms. The van der Waals surface area contributed by atoms with E-state index in [1.807, 2.05) is 0 Å². The van der Waals surface area contributed by atoms with Crippen LogP contribution in [0.4, 0.5) is 4.79 Å². The average molecular weight is 347 g/mol. The zero-order chi connectivity index (χ0) is 17.5. The number of rotatable bonds is 2. The molecule has 0 aromatic heterocycles.